The summed E-state index contributed by atoms with van der Waals surface area (Å²) in [4.78, 5) is 12.3. The third-order valence-corrected chi connectivity index (χ3v) is 4.48. The summed E-state index contributed by atoms with van der Waals surface area (Å²) in [5.41, 5.74) is 2.32. The van der Waals surface area contributed by atoms with Gasteiger partial charge in [0.2, 0.25) is 0 Å². The van der Waals surface area contributed by atoms with Gasteiger partial charge in [0.05, 0.1) is 22.3 Å². The average Bonchev–Trinajstić information content (AvgIpc) is 2.54. The summed E-state index contributed by atoms with van der Waals surface area (Å²) in [5, 5.41) is 4.81. The molecule has 0 unspecified atom stereocenters. The molecule has 0 amide bonds. The van der Waals surface area contributed by atoms with E-state index < -0.39 is 0 Å². The summed E-state index contributed by atoms with van der Waals surface area (Å²) in [5.74, 6) is 0.00639. The molecule has 19 heavy (non-hydrogen) atoms. The molecule has 0 saturated heterocycles. The van der Waals surface area contributed by atoms with Gasteiger partial charge in [-0.05, 0) is 41.1 Å². The first kappa shape index (κ1) is 14.8. The fourth-order valence-corrected chi connectivity index (χ4v) is 3.18. The van der Waals surface area contributed by atoms with Crippen molar-refractivity contribution in [1.82, 2.24) is 9.78 Å². The predicted molar refractivity (Wildman–Crippen MR) is 82.8 cm³/mol. The third-order valence-electron chi connectivity index (χ3n) is 2.77. The highest BCUT2D eigenvalue weighted by Crippen LogP contribution is 2.24. The number of aryl methyl sites for hydroxylation is 2. The molecule has 0 N–H and O–H groups in total. The molecule has 1 heterocycles. The highest BCUT2D eigenvalue weighted by Gasteiger charge is 2.16. The molecule has 2 aromatic rings. The molecule has 1 aromatic heterocycles. The molecule has 0 aliphatic carbocycles. The molecule has 6 heteroatoms. The second-order valence-electron chi connectivity index (χ2n) is 4.23. The van der Waals surface area contributed by atoms with Gasteiger partial charge in [-0.2, -0.15) is 5.10 Å². The first-order valence-electron chi connectivity index (χ1n) is 5.55. The minimum atomic E-state index is 0.00639. The number of ketones is 1. The second kappa shape index (κ2) is 5.77. The van der Waals surface area contributed by atoms with E-state index in [2.05, 4.69) is 37.0 Å². The number of aromatic nitrogens is 2. The molecule has 0 spiro atoms. The molecule has 0 aliphatic heterocycles. The van der Waals surface area contributed by atoms with Crippen LogP contribution in [0.2, 0.25) is 5.02 Å². The van der Waals surface area contributed by atoms with Gasteiger partial charge in [-0.15, -0.1) is 0 Å². The van der Waals surface area contributed by atoms with Gasteiger partial charge < -0.3 is 0 Å². The summed E-state index contributed by atoms with van der Waals surface area (Å²) < 4.78 is 3.39. The zero-order chi connectivity index (χ0) is 14.2. The van der Waals surface area contributed by atoms with Crippen LogP contribution in [0.25, 0.3) is 0 Å². The molecular formula is C13H11Br2ClN2O. The minimum Gasteiger partial charge on any atom is -0.294 e. The molecule has 0 saturated carbocycles. The van der Waals surface area contributed by atoms with E-state index in [-0.39, 0.29) is 12.2 Å². The first-order valence-corrected chi connectivity index (χ1v) is 7.52. The molecule has 0 atom stereocenters. The Labute approximate surface area is 133 Å². The van der Waals surface area contributed by atoms with Gasteiger partial charge in [0.1, 0.15) is 0 Å². The van der Waals surface area contributed by atoms with Gasteiger partial charge in [-0.1, -0.05) is 27.5 Å². The summed E-state index contributed by atoms with van der Waals surface area (Å²) >= 11 is 12.8. The smallest absolute Gasteiger partial charge is 0.168 e. The van der Waals surface area contributed by atoms with Crippen LogP contribution in [-0.4, -0.2) is 15.6 Å². The first-order chi connectivity index (χ1) is 8.88. The Morgan fingerprint density at radius 2 is 2.05 bits per heavy atom. The van der Waals surface area contributed by atoms with Gasteiger partial charge >= 0.3 is 0 Å². The Balaban J connectivity index is 2.30. The molecule has 2 rings (SSSR count). The van der Waals surface area contributed by atoms with Crippen LogP contribution in [0.15, 0.2) is 27.1 Å². The largest absolute Gasteiger partial charge is 0.294 e. The van der Waals surface area contributed by atoms with Crippen molar-refractivity contribution in [3.8, 4) is 0 Å². The number of hydrogen-bond donors (Lipinski definition) is 0. The number of carbonyl (C=O) groups is 1. The van der Waals surface area contributed by atoms with Gasteiger partial charge in [0, 0.05) is 22.1 Å². The SMILES string of the molecule is Cc1nn(C)c(CC(=O)c2cc(Cl)cc(Br)c2)c1Br. The van der Waals surface area contributed by atoms with E-state index in [1.807, 2.05) is 14.0 Å². The number of nitrogens with zero attached hydrogens (tertiary/aromatic N) is 2. The highest BCUT2D eigenvalue weighted by atomic mass is 79.9. The van der Waals surface area contributed by atoms with Crippen LogP contribution in [0, 0.1) is 6.92 Å². The van der Waals surface area contributed by atoms with Crippen molar-refractivity contribution in [2.24, 2.45) is 7.05 Å². The molecule has 3 nitrogen and oxygen atoms in total. The summed E-state index contributed by atoms with van der Waals surface area (Å²) in [7, 11) is 1.83. The highest BCUT2D eigenvalue weighted by molar-refractivity contribution is 9.10. The van der Waals surface area contributed by atoms with Crippen LogP contribution < -0.4 is 0 Å². The Bertz CT molecular complexity index is 632. The number of hydrogen-bond acceptors (Lipinski definition) is 2. The van der Waals surface area contributed by atoms with Crippen molar-refractivity contribution in [3.05, 3.63) is 49.1 Å². The zero-order valence-corrected chi connectivity index (χ0v) is 14.3. The van der Waals surface area contributed by atoms with Gasteiger partial charge in [-0.3, -0.25) is 9.48 Å². The molecule has 0 radical (unpaired) electrons. The average molecular weight is 407 g/mol. The van der Waals surface area contributed by atoms with E-state index >= 15 is 0 Å². The topological polar surface area (TPSA) is 34.9 Å². The molecule has 100 valence electrons. The third kappa shape index (κ3) is 3.27. The predicted octanol–water partition coefficient (Wildman–Crippen LogP) is 4.33. The number of rotatable bonds is 3. The Kier molecular flexibility index (Phi) is 4.48. The zero-order valence-electron chi connectivity index (χ0n) is 10.4. The van der Waals surface area contributed by atoms with E-state index in [0.717, 1.165) is 20.3 Å². The summed E-state index contributed by atoms with van der Waals surface area (Å²) in [6.07, 6.45) is 0.282. The lowest BCUT2D eigenvalue weighted by molar-refractivity contribution is 0.0990. The lowest BCUT2D eigenvalue weighted by Crippen LogP contribution is -2.08. The fourth-order valence-electron chi connectivity index (χ4n) is 1.84. The standard InChI is InChI=1S/C13H11Br2ClN2O/c1-7-13(15)11(18(2)17-7)6-12(19)8-3-9(14)5-10(16)4-8/h3-5H,6H2,1-2H3. The van der Waals surface area contributed by atoms with E-state index in [1.165, 1.54) is 0 Å². The van der Waals surface area contributed by atoms with E-state index in [9.17, 15) is 4.79 Å². The molecule has 1 aromatic carbocycles. The van der Waals surface area contributed by atoms with Crippen molar-refractivity contribution >= 4 is 49.2 Å². The maximum atomic E-state index is 12.3. The monoisotopic (exact) mass is 404 g/mol. The van der Waals surface area contributed by atoms with Crippen LogP contribution >= 0.6 is 43.5 Å². The molecule has 0 bridgehead atoms. The lowest BCUT2D eigenvalue weighted by atomic mass is 10.1. The lowest BCUT2D eigenvalue weighted by Gasteiger charge is -2.04. The normalized spacial score (nSPS) is 10.8. The number of carbonyl (C=O) groups excluding carboxylic acids is 1. The van der Waals surface area contributed by atoms with Crippen LogP contribution in [0.5, 0.6) is 0 Å². The molecule has 0 aliphatic rings. The van der Waals surface area contributed by atoms with Crippen molar-refractivity contribution in [2.75, 3.05) is 0 Å². The van der Waals surface area contributed by atoms with Crippen LogP contribution in [0.3, 0.4) is 0 Å². The van der Waals surface area contributed by atoms with Crippen molar-refractivity contribution < 1.29 is 4.79 Å². The van der Waals surface area contributed by atoms with E-state index in [1.54, 1.807) is 22.9 Å². The Morgan fingerprint density at radius 3 is 2.58 bits per heavy atom. The van der Waals surface area contributed by atoms with Crippen molar-refractivity contribution in [3.63, 3.8) is 0 Å². The van der Waals surface area contributed by atoms with Gasteiger partial charge in [0.25, 0.3) is 0 Å². The Morgan fingerprint density at radius 1 is 1.37 bits per heavy atom. The van der Waals surface area contributed by atoms with Crippen molar-refractivity contribution in [2.45, 2.75) is 13.3 Å². The number of benzene rings is 1. The number of Topliss-reactive ketones (excluding diaryl/α,β-unsaturated/α-hetero) is 1. The maximum absolute atomic E-state index is 12.3. The quantitative estimate of drug-likeness (QED) is 0.711. The molecular weight excluding hydrogens is 395 g/mol. The van der Waals surface area contributed by atoms with E-state index in [0.29, 0.717) is 10.6 Å². The number of halogens is 3. The maximum Gasteiger partial charge on any atom is 0.168 e. The Hall–Kier alpha value is -0.650. The van der Waals surface area contributed by atoms with E-state index in [4.69, 9.17) is 11.6 Å². The van der Waals surface area contributed by atoms with Crippen molar-refractivity contribution in [1.29, 1.82) is 0 Å². The van der Waals surface area contributed by atoms with Crippen LogP contribution in [0.4, 0.5) is 0 Å². The van der Waals surface area contributed by atoms with Gasteiger partial charge in [0.15, 0.2) is 5.78 Å². The van der Waals surface area contributed by atoms with Gasteiger partial charge in [-0.25, -0.2) is 0 Å². The summed E-state index contributed by atoms with van der Waals surface area (Å²) in [6, 6.07) is 5.19. The van der Waals surface area contributed by atoms with Crippen LogP contribution in [0.1, 0.15) is 21.7 Å². The summed E-state index contributed by atoms with van der Waals surface area (Å²) in [6.45, 7) is 1.90. The second-order valence-corrected chi connectivity index (χ2v) is 6.37. The molecule has 0 fully saturated rings. The van der Waals surface area contributed by atoms with Crippen LogP contribution in [-0.2, 0) is 13.5 Å². The minimum absolute atomic E-state index is 0.00639. The fraction of sp³-hybridized carbons (Fsp3) is 0.231.